The van der Waals surface area contributed by atoms with Gasteiger partial charge in [0, 0.05) is 10.6 Å². The second-order valence-corrected chi connectivity index (χ2v) is 8.89. The van der Waals surface area contributed by atoms with E-state index in [1.165, 1.54) is 12.1 Å². The summed E-state index contributed by atoms with van der Waals surface area (Å²) in [4.78, 5) is 1.12. The van der Waals surface area contributed by atoms with Crippen LogP contribution >= 0.6 is 23.2 Å². The first-order valence-corrected chi connectivity index (χ1v) is 10.4. The average molecular weight is 419 g/mol. The number of hydrogen-bond acceptors (Lipinski definition) is 4. The molecule has 0 aliphatic rings. The highest BCUT2D eigenvalue weighted by molar-refractivity contribution is 7.91. The normalized spacial score (nSPS) is 12.7. The molecule has 0 bridgehead atoms. The van der Waals surface area contributed by atoms with Crippen LogP contribution in [0.3, 0.4) is 0 Å². The lowest BCUT2D eigenvalue weighted by Gasteiger charge is -2.16. The first kappa shape index (κ1) is 20.8. The Hall–Kier alpha value is -1.47. The molecule has 5 nitrogen and oxygen atoms in total. The number of nitrogens with one attached hydrogen (secondary N) is 1. The molecule has 1 unspecified atom stereocenters. The van der Waals surface area contributed by atoms with Gasteiger partial charge in [-0.1, -0.05) is 23.2 Å². The van der Waals surface area contributed by atoms with Gasteiger partial charge < -0.3 is 14.4 Å². The number of methoxy groups -OCH3 is 2. The monoisotopic (exact) mass is 418 g/mol. The van der Waals surface area contributed by atoms with Crippen LogP contribution in [0, 0.1) is 0 Å². The predicted molar refractivity (Wildman–Crippen MR) is 104 cm³/mol. The molecule has 0 amide bonds. The highest BCUT2D eigenvalue weighted by Crippen LogP contribution is 2.27. The molecule has 2 aromatic rings. The summed E-state index contributed by atoms with van der Waals surface area (Å²) in [5, 5.41) is 0.533. The molecule has 0 aliphatic carbocycles. The molecule has 0 aliphatic heterocycles. The Morgan fingerprint density at radius 2 is 1.69 bits per heavy atom. The van der Waals surface area contributed by atoms with E-state index in [4.69, 9.17) is 32.7 Å². The van der Waals surface area contributed by atoms with E-state index in [0.29, 0.717) is 29.6 Å². The van der Waals surface area contributed by atoms with Crippen molar-refractivity contribution in [2.45, 2.75) is 11.4 Å². The van der Waals surface area contributed by atoms with Gasteiger partial charge in [-0.3, -0.25) is 0 Å². The fourth-order valence-corrected chi connectivity index (χ4v) is 4.78. The van der Waals surface area contributed by atoms with Crippen molar-refractivity contribution >= 4 is 33.0 Å². The van der Waals surface area contributed by atoms with E-state index in [0.717, 1.165) is 10.5 Å². The molecule has 0 saturated heterocycles. The van der Waals surface area contributed by atoms with Crippen LogP contribution in [-0.2, 0) is 16.4 Å². The minimum Gasteiger partial charge on any atom is -0.493 e. The number of rotatable bonds is 8. The van der Waals surface area contributed by atoms with E-state index in [9.17, 15) is 8.42 Å². The zero-order chi connectivity index (χ0) is 19.3. The maximum atomic E-state index is 12.6. The lowest BCUT2D eigenvalue weighted by molar-refractivity contribution is -0.891. The SMILES string of the molecule is COc1ccc(C[NH+](C)CCS(=O)(=O)c2cc(Cl)ccc2Cl)cc1OC. The van der Waals surface area contributed by atoms with Gasteiger partial charge in [0.1, 0.15) is 12.3 Å². The van der Waals surface area contributed by atoms with Crippen molar-refractivity contribution in [2.75, 3.05) is 33.6 Å². The van der Waals surface area contributed by atoms with Crippen LogP contribution in [0.25, 0.3) is 0 Å². The predicted octanol–water partition coefficient (Wildman–Crippen LogP) is 2.50. The average Bonchev–Trinajstić information content (AvgIpc) is 2.62. The zero-order valence-electron chi connectivity index (χ0n) is 14.9. The smallest absolute Gasteiger partial charge is 0.185 e. The largest absolute Gasteiger partial charge is 0.493 e. The van der Waals surface area contributed by atoms with Crippen LogP contribution in [-0.4, -0.2) is 42.0 Å². The minimum atomic E-state index is -3.51. The summed E-state index contributed by atoms with van der Waals surface area (Å²) < 4.78 is 35.6. The van der Waals surface area contributed by atoms with Gasteiger partial charge in [-0.05, 0) is 36.4 Å². The highest BCUT2D eigenvalue weighted by atomic mass is 35.5. The van der Waals surface area contributed by atoms with Crippen molar-refractivity contribution in [3.05, 3.63) is 52.0 Å². The van der Waals surface area contributed by atoms with E-state index in [1.54, 1.807) is 20.3 Å². The quantitative estimate of drug-likeness (QED) is 0.715. The van der Waals surface area contributed by atoms with Crippen LogP contribution in [0.2, 0.25) is 10.0 Å². The van der Waals surface area contributed by atoms with Gasteiger partial charge in [0.25, 0.3) is 0 Å². The summed E-state index contributed by atoms with van der Waals surface area (Å²) in [6.07, 6.45) is 0. The van der Waals surface area contributed by atoms with Crippen molar-refractivity contribution in [3.8, 4) is 11.5 Å². The van der Waals surface area contributed by atoms with Crippen molar-refractivity contribution in [3.63, 3.8) is 0 Å². The Balaban J connectivity index is 2.04. The number of halogens is 2. The van der Waals surface area contributed by atoms with Gasteiger partial charge in [-0.2, -0.15) is 0 Å². The van der Waals surface area contributed by atoms with Crippen LogP contribution in [0.4, 0.5) is 0 Å². The number of quaternary nitrogens is 1. The van der Waals surface area contributed by atoms with Crippen molar-refractivity contribution < 1.29 is 22.8 Å². The second-order valence-electron chi connectivity index (χ2n) is 5.97. The molecule has 0 spiro atoms. The van der Waals surface area contributed by atoms with Gasteiger partial charge in [-0.25, -0.2) is 8.42 Å². The van der Waals surface area contributed by atoms with E-state index in [2.05, 4.69) is 0 Å². The van der Waals surface area contributed by atoms with Crippen LogP contribution in [0.15, 0.2) is 41.3 Å². The van der Waals surface area contributed by atoms with Crippen molar-refractivity contribution in [2.24, 2.45) is 0 Å². The van der Waals surface area contributed by atoms with E-state index >= 15 is 0 Å². The first-order valence-electron chi connectivity index (χ1n) is 7.97. The third-order valence-electron chi connectivity index (χ3n) is 3.98. The Morgan fingerprint density at radius 3 is 2.35 bits per heavy atom. The topological polar surface area (TPSA) is 57.0 Å². The van der Waals surface area contributed by atoms with Gasteiger partial charge in [0.05, 0.1) is 37.7 Å². The number of benzene rings is 2. The first-order chi connectivity index (χ1) is 12.3. The number of hydrogen-bond donors (Lipinski definition) is 1. The molecule has 142 valence electrons. The van der Waals surface area contributed by atoms with E-state index < -0.39 is 9.84 Å². The lowest BCUT2D eigenvalue weighted by atomic mass is 10.2. The standard InChI is InChI=1S/C18H21Cl2NO4S/c1-21(12-13-4-7-16(24-2)17(10-13)25-3)8-9-26(22,23)18-11-14(19)5-6-15(18)20/h4-7,10-11H,8-9,12H2,1-3H3/p+1. The molecule has 0 fully saturated rings. The zero-order valence-corrected chi connectivity index (χ0v) is 17.2. The lowest BCUT2D eigenvalue weighted by Crippen LogP contribution is -3.08. The summed E-state index contributed by atoms with van der Waals surface area (Å²) in [6, 6.07) is 10.1. The summed E-state index contributed by atoms with van der Waals surface area (Å²) in [5.74, 6) is 1.29. The van der Waals surface area contributed by atoms with E-state index in [-0.39, 0.29) is 15.7 Å². The Morgan fingerprint density at radius 1 is 1.00 bits per heavy atom. The van der Waals surface area contributed by atoms with E-state index in [1.807, 2.05) is 25.2 Å². The Kier molecular flexibility index (Phi) is 7.17. The van der Waals surface area contributed by atoms with Crippen molar-refractivity contribution in [1.82, 2.24) is 0 Å². The molecule has 0 heterocycles. The molecule has 0 aromatic heterocycles. The number of sulfone groups is 1. The molecule has 1 N–H and O–H groups in total. The number of ether oxygens (including phenoxy) is 2. The molecular weight excluding hydrogens is 397 g/mol. The third-order valence-corrected chi connectivity index (χ3v) is 6.41. The van der Waals surface area contributed by atoms with Crippen LogP contribution < -0.4 is 14.4 Å². The molecule has 0 saturated carbocycles. The summed E-state index contributed by atoms with van der Waals surface area (Å²) >= 11 is 11.9. The van der Waals surface area contributed by atoms with Gasteiger partial charge in [-0.15, -0.1) is 0 Å². The summed E-state index contributed by atoms with van der Waals surface area (Å²) in [7, 11) is 1.60. The Bertz CT molecular complexity index is 871. The molecule has 8 heteroatoms. The maximum Gasteiger partial charge on any atom is 0.185 e. The maximum absolute atomic E-state index is 12.6. The van der Waals surface area contributed by atoms with Gasteiger partial charge >= 0.3 is 0 Å². The van der Waals surface area contributed by atoms with Gasteiger partial charge in [0.2, 0.25) is 0 Å². The molecule has 0 radical (unpaired) electrons. The molecule has 2 aromatic carbocycles. The third kappa shape index (κ3) is 5.27. The van der Waals surface area contributed by atoms with Crippen LogP contribution in [0.1, 0.15) is 5.56 Å². The summed E-state index contributed by atoms with van der Waals surface area (Å²) in [5.41, 5.74) is 1.03. The highest BCUT2D eigenvalue weighted by Gasteiger charge is 2.21. The van der Waals surface area contributed by atoms with Crippen molar-refractivity contribution in [1.29, 1.82) is 0 Å². The minimum absolute atomic E-state index is 0.0216. The second kappa shape index (κ2) is 8.95. The van der Waals surface area contributed by atoms with Gasteiger partial charge in [0.15, 0.2) is 21.3 Å². The fourth-order valence-electron chi connectivity index (χ4n) is 2.56. The fraction of sp³-hybridized carbons (Fsp3) is 0.333. The molecular formula is C18H22Cl2NO4S+. The molecule has 26 heavy (non-hydrogen) atoms. The Labute approximate surface area is 164 Å². The molecule has 1 atom stereocenters. The van der Waals surface area contributed by atoms with Crippen LogP contribution in [0.5, 0.6) is 11.5 Å². The summed E-state index contributed by atoms with van der Waals surface area (Å²) in [6.45, 7) is 1.08. The molecule has 2 rings (SSSR count).